The Labute approximate surface area is 198 Å². The number of urea groups is 1. The van der Waals surface area contributed by atoms with Crippen LogP contribution in [0.1, 0.15) is 49.8 Å². The van der Waals surface area contributed by atoms with E-state index < -0.39 is 23.5 Å². The highest BCUT2D eigenvalue weighted by Crippen LogP contribution is 2.36. The fraction of sp³-hybridized carbons (Fsp3) is 0.423. The average molecular weight is 468 g/mol. The Morgan fingerprint density at radius 2 is 1.79 bits per heavy atom. The predicted molar refractivity (Wildman–Crippen MR) is 125 cm³/mol. The number of amides is 4. The second-order valence-corrected chi connectivity index (χ2v) is 9.31. The van der Waals surface area contributed by atoms with Gasteiger partial charge in [0.1, 0.15) is 23.7 Å². The molecule has 2 aromatic rings. The van der Waals surface area contributed by atoms with Crippen molar-refractivity contribution in [1.29, 1.82) is 0 Å². The van der Waals surface area contributed by atoms with Crippen LogP contribution in [-0.2, 0) is 16.0 Å². The van der Waals surface area contributed by atoms with Crippen molar-refractivity contribution in [3.63, 3.8) is 0 Å². The summed E-state index contributed by atoms with van der Waals surface area (Å²) in [6, 6.07) is 12.4. The molecule has 2 fully saturated rings. The first-order valence-corrected chi connectivity index (χ1v) is 11.6. The van der Waals surface area contributed by atoms with E-state index in [9.17, 15) is 18.8 Å². The molecule has 2 aliphatic rings. The molecular weight excluding hydrogens is 437 g/mol. The third kappa shape index (κ3) is 5.05. The number of nitrogens with one attached hydrogen (secondary N) is 2. The van der Waals surface area contributed by atoms with Gasteiger partial charge in [-0.3, -0.25) is 14.5 Å². The summed E-state index contributed by atoms with van der Waals surface area (Å²) in [4.78, 5) is 39.7. The van der Waals surface area contributed by atoms with Gasteiger partial charge in [0, 0.05) is 0 Å². The Morgan fingerprint density at radius 1 is 1.15 bits per heavy atom. The van der Waals surface area contributed by atoms with Crippen LogP contribution in [0.4, 0.5) is 9.18 Å². The smallest absolute Gasteiger partial charge is 0.325 e. The van der Waals surface area contributed by atoms with E-state index in [-0.39, 0.29) is 18.3 Å². The highest BCUT2D eigenvalue weighted by molar-refractivity contribution is 6.09. The van der Waals surface area contributed by atoms with Crippen LogP contribution in [0.2, 0.25) is 0 Å². The van der Waals surface area contributed by atoms with Crippen LogP contribution in [0.15, 0.2) is 48.5 Å². The van der Waals surface area contributed by atoms with Gasteiger partial charge in [-0.2, -0.15) is 0 Å². The lowest BCUT2D eigenvalue weighted by molar-refractivity contribution is -0.136. The van der Waals surface area contributed by atoms with E-state index in [4.69, 9.17) is 4.74 Å². The molecule has 2 aromatic carbocycles. The molecule has 1 heterocycles. The van der Waals surface area contributed by atoms with Gasteiger partial charge in [0.15, 0.2) is 0 Å². The number of hydrogen-bond donors (Lipinski definition) is 2. The van der Waals surface area contributed by atoms with Crippen molar-refractivity contribution in [3.8, 4) is 5.75 Å². The lowest BCUT2D eigenvalue weighted by atomic mass is 9.77. The lowest BCUT2D eigenvalue weighted by Gasteiger charge is -2.33. The fourth-order valence-corrected chi connectivity index (χ4v) is 4.74. The van der Waals surface area contributed by atoms with Gasteiger partial charge in [-0.25, -0.2) is 9.18 Å². The van der Waals surface area contributed by atoms with Gasteiger partial charge in [0.25, 0.3) is 5.91 Å². The first-order chi connectivity index (χ1) is 16.3. The second kappa shape index (κ2) is 9.83. The second-order valence-electron chi connectivity index (χ2n) is 9.31. The molecule has 1 unspecified atom stereocenters. The number of hydrogen-bond acceptors (Lipinski definition) is 4. The van der Waals surface area contributed by atoms with Crippen LogP contribution in [0, 0.1) is 11.7 Å². The summed E-state index contributed by atoms with van der Waals surface area (Å²) < 4.78 is 18.6. The number of carbonyl (C=O) groups is 3. The first kappa shape index (κ1) is 23.7. The summed E-state index contributed by atoms with van der Waals surface area (Å²) in [6.07, 6.45) is 3.33. The molecule has 1 saturated carbocycles. The van der Waals surface area contributed by atoms with Crippen LogP contribution >= 0.6 is 0 Å². The van der Waals surface area contributed by atoms with Crippen LogP contribution in [0.3, 0.4) is 0 Å². The van der Waals surface area contributed by atoms with Gasteiger partial charge in [-0.1, -0.05) is 31.2 Å². The van der Waals surface area contributed by atoms with Gasteiger partial charge in [-0.05, 0) is 73.4 Å². The zero-order chi connectivity index (χ0) is 24.3. The molecule has 1 saturated heterocycles. The summed E-state index contributed by atoms with van der Waals surface area (Å²) in [5.74, 6) is 0.108. The molecule has 2 N–H and O–H groups in total. The molecule has 0 aromatic heterocycles. The Hall–Kier alpha value is -3.42. The third-order valence-corrected chi connectivity index (χ3v) is 6.88. The molecule has 4 rings (SSSR count). The van der Waals surface area contributed by atoms with Gasteiger partial charge < -0.3 is 15.4 Å². The van der Waals surface area contributed by atoms with Crippen LogP contribution in [0.25, 0.3) is 0 Å². The van der Waals surface area contributed by atoms with Crippen molar-refractivity contribution in [2.45, 2.75) is 50.6 Å². The predicted octanol–water partition coefficient (Wildman–Crippen LogP) is 3.74. The number of halogens is 1. The number of imide groups is 1. The maximum absolute atomic E-state index is 13.4. The Bertz CT molecular complexity index is 1050. The minimum atomic E-state index is -0.882. The summed E-state index contributed by atoms with van der Waals surface area (Å²) in [7, 11) is 1.57. The van der Waals surface area contributed by atoms with E-state index in [1.165, 1.54) is 12.1 Å². The topological polar surface area (TPSA) is 87.7 Å². The zero-order valence-corrected chi connectivity index (χ0v) is 19.5. The van der Waals surface area contributed by atoms with E-state index in [1.54, 1.807) is 31.4 Å². The van der Waals surface area contributed by atoms with E-state index in [0.717, 1.165) is 28.9 Å². The van der Waals surface area contributed by atoms with Crippen molar-refractivity contribution < 1.29 is 23.5 Å². The summed E-state index contributed by atoms with van der Waals surface area (Å²) in [5.41, 5.74) is 0.786. The number of benzene rings is 2. The van der Waals surface area contributed by atoms with Gasteiger partial charge in [0.05, 0.1) is 13.2 Å². The molecule has 8 heteroatoms. The molecule has 1 aliphatic carbocycles. The summed E-state index contributed by atoms with van der Waals surface area (Å²) >= 11 is 0. The van der Waals surface area contributed by atoms with Gasteiger partial charge in [0.2, 0.25) is 5.91 Å². The van der Waals surface area contributed by atoms with Crippen molar-refractivity contribution in [2.75, 3.05) is 13.7 Å². The highest BCUT2D eigenvalue weighted by Gasteiger charge is 2.52. The maximum atomic E-state index is 13.4. The Kier molecular flexibility index (Phi) is 6.86. The lowest BCUT2D eigenvalue weighted by Crippen LogP contribution is -2.50. The van der Waals surface area contributed by atoms with Crippen LogP contribution < -0.4 is 15.4 Å². The number of nitrogens with zero attached hydrogens (tertiary/aromatic N) is 1. The summed E-state index contributed by atoms with van der Waals surface area (Å²) in [6.45, 7) is 1.79. The van der Waals surface area contributed by atoms with Crippen LogP contribution in [-0.4, -0.2) is 41.9 Å². The quantitative estimate of drug-likeness (QED) is 0.608. The normalized spacial score (nSPS) is 23.0. The Balaban J connectivity index is 1.48. The number of rotatable bonds is 7. The molecule has 1 spiro atoms. The molecule has 34 heavy (non-hydrogen) atoms. The zero-order valence-electron chi connectivity index (χ0n) is 19.5. The molecule has 7 nitrogen and oxygen atoms in total. The minimum absolute atomic E-state index is 0.320. The molecule has 0 radical (unpaired) electrons. The summed E-state index contributed by atoms with van der Waals surface area (Å²) in [5, 5.41) is 5.80. The van der Waals surface area contributed by atoms with Gasteiger partial charge >= 0.3 is 6.03 Å². The van der Waals surface area contributed by atoms with Crippen LogP contribution in [0.5, 0.6) is 5.75 Å². The molecule has 1 aliphatic heterocycles. The van der Waals surface area contributed by atoms with Crippen molar-refractivity contribution in [2.24, 2.45) is 5.92 Å². The fourth-order valence-electron chi connectivity index (χ4n) is 4.74. The first-order valence-electron chi connectivity index (χ1n) is 11.6. The number of carbonyl (C=O) groups excluding carboxylic acids is 3. The van der Waals surface area contributed by atoms with E-state index >= 15 is 0 Å². The Morgan fingerprint density at radius 3 is 2.41 bits per heavy atom. The van der Waals surface area contributed by atoms with Crippen molar-refractivity contribution >= 4 is 17.8 Å². The van der Waals surface area contributed by atoms with E-state index in [2.05, 4.69) is 17.6 Å². The van der Waals surface area contributed by atoms with Gasteiger partial charge in [-0.15, -0.1) is 0 Å². The van der Waals surface area contributed by atoms with Crippen molar-refractivity contribution in [1.82, 2.24) is 15.5 Å². The van der Waals surface area contributed by atoms with Crippen molar-refractivity contribution in [3.05, 3.63) is 65.5 Å². The monoisotopic (exact) mass is 467 g/mol. The number of ether oxygens (including phenoxy) is 1. The maximum Gasteiger partial charge on any atom is 0.325 e. The molecule has 180 valence electrons. The van der Waals surface area contributed by atoms with E-state index in [0.29, 0.717) is 30.9 Å². The molecule has 0 bridgehead atoms. The SMILES string of the molecule is COc1ccc(C(Cc2ccc(F)cc2)NC(=O)CN2C(=O)NC3(CCC(C)CC3)C2=O)cc1. The van der Waals surface area contributed by atoms with E-state index in [1.807, 2.05) is 12.1 Å². The standard InChI is InChI=1S/C26H30FN3O4/c1-17-11-13-26(14-12-17)24(32)30(25(33)29-26)16-23(31)28-22(15-18-3-7-20(27)8-4-18)19-5-9-21(34-2)10-6-19/h3-10,17,22H,11-16H2,1-2H3,(H,28,31)(H,29,33). The number of methoxy groups -OCH3 is 1. The average Bonchev–Trinajstić information content (AvgIpc) is 3.06. The largest absolute Gasteiger partial charge is 0.497 e. The third-order valence-electron chi connectivity index (χ3n) is 6.88. The minimum Gasteiger partial charge on any atom is -0.497 e. The molecule has 4 amide bonds. The molecular formula is C26H30FN3O4. The highest BCUT2D eigenvalue weighted by atomic mass is 19.1. The molecule has 1 atom stereocenters.